The standard InChI is InChI=1S/C27H33FN2O4/c1-27(2,3)30(17-20-6-9-21(28)10-7-20)18-22-11-13-24(34-22)26(31)29-15-14-19-8-12-23(32-4)25(16-19)33-5/h6-13,16H,14-15,17-18H2,1-5H3,(H,29,31). The summed E-state index contributed by atoms with van der Waals surface area (Å²) in [5.74, 6) is 1.79. The van der Waals surface area contributed by atoms with E-state index in [4.69, 9.17) is 13.9 Å². The molecule has 0 aliphatic carbocycles. The molecule has 0 atom stereocenters. The first-order chi connectivity index (χ1) is 16.2. The lowest BCUT2D eigenvalue weighted by atomic mass is 10.0. The molecule has 0 fully saturated rings. The van der Waals surface area contributed by atoms with Crippen molar-refractivity contribution in [3.8, 4) is 11.5 Å². The molecular formula is C27H33FN2O4. The van der Waals surface area contributed by atoms with E-state index in [-0.39, 0.29) is 23.0 Å². The van der Waals surface area contributed by atoms with E-state index in [2.05, 4.69) is 31.0 Å². The van der Waals surface area contributed by atoms with Gasteiger partial charge in [-0.25, -0.2) is 4.39 Å². The van der Waals surface area contributed by atoms with Crippen molar-refractivity contribution in [3.63, 3.8) is 0 Å². The van der Waals surface area contributed by atoms with Gasteiger partial charge in [-0.2, -0.15) is 0 Å². The summed E-state index contributed by atoms with van der Waals surface area (Å²) < 4.78 is 29.7. The molecule has 0 saturated carbocycles. The lowest BCUT2D eigenvalue weighted by molar-refractivity contribution is 0.0906. The molecule has 0 saturated heterocycles. The van der Waals surface area contributed by atoms with Gasteiger partial charge in [-0.1, -0.05) is 18.2 Å². The second-order valence-corrected chi connectivity index (χ2v) is 9.11. The Morgan fingerprint density at radius 1 is 0.941 bits per heavy atom. The summed E-state index contributed by atoms with van der Waals surface area (Å²) in [6, 6.07) is 15.7. The minimum atomic E-state index is -0.257. The topological polar surface area (TPSA) is 63.9 Å². The Morgan fingerprint density at radius 2 is 1.62 bits per heavy atom. The largest absolute Gasteiger partial charge is 0.493 e. The Kier molecular flexibility index (Phi) is 8.34. The van der Waals surface area contributed by atoms with Gasteiger partial charge in [-0.15, -0.1) is 0 Å². The average Bonchev–Trinajstić information content (AvgIpc) is 3.28. The van der Waals surface area contributed by atoms with Crippen LogP contribution < -0.4 is 14.8 Å². The third kappa shape index (κ3) is 6.84. The van der Waals surface area contributed by atoms with Gasteiger partial charge in [-0.05, 0) is 74.7 Å². The lowest BCUT2D eigenvalue weighted by Gasteiger charge is -2.35. The molecule has 1 N–H and O–H groups in total. The van der Waals surface area contributed by atoms with Crippen LogP contribution in [0, 0.1) is 5.82 Å². The molecule has 2 aromatic carbocycles. The Hall–Kier alpha value is -3.32. The monoisotopic (exact) mass is 468 g/mol. The van der Waals surface area contributed by atoms with Crippen LogP contribution in [-0.2, 0) is 19.5 Å². The fourth-order valence-corrected chi connectivity index (χ4v) is 3.56. The summed E-state index contributed by atoms with van der Waals surface area (Å²) >= 11 is 0. The predicted octanol–water partition coefficient (Wildman–Crippen LogP) is 5.21. The van der Waals surface area contributed by atoms with Crippen LogP contribution in [0.1, 0.15) is 48.2 Å². The molecule has 0 aliphatic heterocycles. The average molecular weight is 469 g/mol. The van der Waals surface area contributed by atoms with Gasteiger partial charge in [-0.3, -0.25) is 9.69 Å². The first-order valence-corrected chi connectivity index (χ1v) is 11.3. The van der Waals surface area contributed by atoms with Crippen molar-refractivity contribution in [2.75, 3.05) is 20.8 Å². The van der Waals surface area contributed by atoms with Gasteiger partial charge in [0.2, 0.25) is 0 Å². The zero-order chi connectivity index (χ0) is 24.7. The van der Waals surface area contributed by atoms with Gasteiger partial charge >= 0.3 is 0 Å². The number of nitrogens with zero attached hydrogens (tertiary/aromatic N) is 1. The number of ether oxygens (including phenoxy) is 2. The third-order valence-electron chi connectivity index (χ3n) is 5.61. The van der Waals surface area contributed by atoms with E-state index in [1.807, 2.05) is 24.3 Å². The van der Waals surface area contributed by atoms with Crippen LogP contribution in [0.3, 0.4) is 0 Å². The minimum absolute atomic E-state index is 0.150. The molecule has 6 nitrogen and oxygen atoms in total. The van der Waals surface area contributed by atoms with Crippen molar-refractivity contribution in [1.82, 2.24) is 10.2 Å². The molecule has 182 valence electrons. The first-order valence-electron chi connectivity index (χ1n) is 11.3. The molecule has 0 radical (unpaired) electrons. The summed E-state index contributed by atoms with van der Waals surface area (Å²) in [4.78, 5) is 14.8. The van der Waals surface area contributed by atoms with Crippen molar-refractivity contribution >= 4 is 5.91 Å². The first kappa shape index (κ1) is 25.3. The summed E-state index contributed by atoms with van der Waals surface area (Å²) in [5, 5.41) is 2.90. The van der Waals surface area contributed by atoms with Crippen molar-refractivity contribution in [3.05, 3.63) is 83.1 Å². The molecule has 1 amide bonds. The van der Waals surface area contributed by atoms with Gasteiger partial charge in [0.1, 0.15) is 11.6 Å². The summed E-state index contributed by atoms with van der Waals surface area (Å²) in [7, 11) is 3.19. The fourth-order valence-electron chi connectivity index (χ4n) is 3.56. The highest BCUT2D eigenvalue weighted by atomic mass is 19.1. The number of benzene rings is 2. The van der Waals surface area contributed by atoms with Crippen LogP contribution in [0.5, 0.6) is 11.5 Å². The van der Waals surface area contributed by atoms with E-state index in [1.54, 1.807) is 32.4 Å². The van der Waals surface area contributed by atoms with E-state index in [9.17, 15) is 9.18 Å². The zero-order valence-corrected chi connectivity index (χ0v) is 20.5. The number of carbonyl (C=O) groups is 1. The van der Waals surface area contributed by atoms with Crippen molar-refractivity contribution < 1.29 is 23.1 Å². The van der Waals surface area contributed by atoms with Gasteiger partial charge < -0.3 is 19.2 Å². The smallest absolute Gasteiger partial charge is 0.287 e. The van der Waals surface area contributed by atoms with Crippen LogP contribution >= 0.6 is 0 Å². The van der Waals surface area contributed by atoms with Gasteiger partial charge in [0.05, 0.1) is 20.8 Å². The Labute approximate surface area is 200 Å². The number of methoxy groups -OCH3 is 2. The SMILES string of the molecule is COc1ccc(CCNC(=O)c2ccc(CN(Cc3ccc(F)cc3)C(C)(C)C)o2)cc1OC. The maximum atomic E-state index is 13.3. The highest BCUT2D eigenvalue weighted by Gasteiger charge is 2.23. The predicted molar refractivity (Wildman–Crippen MR) is 130 cm³/mol. The Bertz CT molecular complexity index is 1090. The van der Waals surface area contributed by atoms with Crippen molar-refractivity contribution in [1.29, 1.82) is 0 Å². The fraction of sp³-hybridized carbons (Fsp3) is 0.370. The lowest BCUT2D eigenvalue weighted by Crippen LogP contribution is -2.40. The van der Waals surface area contributed by atoms with Gasteiger partial charge in [0.25, 0.3) is 5.91 Å². The quantitative estimate of drug-likeness (QED) is 0.443. The van der Waals surface area contributed by atoms with Crippen LogP contribution in [0.25, 0.3) is 0 Å². The minimum Gasteiger partial charge on any atom is -0.493 e. The van der Waals surface area contributed by atoms with E-state index in [0.717, 1.165) is 11.1 Å². The number of nitrogens with one attached hydrogen (secondary N) is 1. The summed E-state index contributed by atoms with van der Waals surface area (Å²) in [5.41, 5.74) is 1.89. The number of rotatable bonds is 10. The zero-order valence-electron chi connectivity index (χ0n) is 20.5. The molecule has 7 heteroatoms. The second kappa shape index (κ2) is 11.2. The molecular weight excluding hydrogens is 435 g/mol. The van der Waals surface area contributed by atoms with Crippen LogP contribution in [0.15, 0.2) is 59.0 Å². The second-order valence-electron chi connectivity index (χ2n) is 9.11. The van der Waals surface area contributed by atoms with E-state index >= 15 is 0 Å². The molecule has 1 aromatic heterocycles. The number of halogens is 1. The van der Waals surface area contributed by atoms with Gasteiger partial charge in [0, 0.05) is 18.6 Å². The number of furan rings is 1. The molecule has 0 aliphatic rings. The number of hydrogen-bond donors (Lipinski definition) is 1. The van der Waals surface area contributed by atoms with Crippen LogP contribution in [0.4, 0.5) is 4.39 Å². The van der Waals surface area contributed by atoms with Gasteiger partial charge in [0.15, 0.2) is 17.3 Å². The highest BCUT2D eigenvalue weighted by Crippen LogP contribution is 2.27. The molecule has 34 heavy (non-hydrogen) atoms. The Morgan fingerprint density at radius 3 is 2.26 bits per heavy atom. The van der Waals surface area contributed by atoms with Crippen molar-refractivity contribution in [2.24, 2.45) is 0 Å². The maximum Gasteiger partial charge on any atom is 0.287 e. The van der Waals surface area contributed by atoms with Crippen LogP contribution in [0.2, 0.25) is 0 Å². The third-order valence-corrected chi connectivity index (χ3v) is 5.61. The number of carbonyl (C=O) groups excluding carboxylic acids is 1. The highest BCUT2D eigenvalue weighted by molar-refractivity contribution is 5.91. The van der Waals surface area contributed by atoms with E-state index in [1.165, 1.54) is 12.1 Å². The summed E-state index contributed by atoms with van der Waals surface area (Å²) in [6.07, 6.45) is 0.648. The molecule has 0 bridgehead atoms. The molecule has 0 spiro atoms. The van der Waals surface area contributed by atoms with E-state index < -0.39 is 0 Å². The maximum absolute atomic E-state index is 13.3. The molecule has 1 heterocycles. The molecule has 3 rings (SSSR count). The van der Waals surface area contributed by atoms with Crippen molar-refractivity contribution in [2.45, 2.75) is 45.8 Å². The van der Waals surface area contributed by atoms with Crippen LogP contribution in [-0.4, -0.2) is 37.1 Å². The summed E-state index contributed by atoms with van der Waals surface area (Å²) in [6.45, 7) is 7.96. The Balaban J connectivity index is 1.57. The molecule has 3 aromatic rings. The van der Waals surface area contributed by atoms with E-state index in [0.29, 0.717) is 43.3 Å². The normalized spacial score (nSPS) is 11.5. The number of amides is 1. The molecule has 0 unspecified atom stereocenters. The number of hydrogen-bond acceptors (Lipinski definition) is 5.